The van der Waals surface area contributed by atoms with E-state index in [1.54, 1.807) is 0 Å². The highest BCUT2D eigenvalue weighted by atomic mass is 16.3. The van der Waals surface area contributed by atoms with Gasteiger partial charge in [0.05, 0.1) is 6.10 Å². The average Bonchev–Trinajstić information content (AvgIpc) is 2.77. The Morgan fingerprint density at radius 2 is 2.00 bits per heavy atom. The first-order chi connectivity index (χ1) is 7.24. The van der Waals surface area contributed by atoms with Gasteiger partial charge in [-0.05, 0) is 51.5 Å². The van der Waals surface area contributed by atoms with Crippen molar-refractivity contribution in [3.05, 3.63) is 0 Å². The molecular formula is C13H27NO. The number of hydrogen-bond donors (Lipinski definition) is 2. The first kappa shape index (κ1) is 13.0. The molecule has 0 bridgehead atoms. The van der Waals surface area contributed by atoms with Gasteiger partial charge < -0.3 is 10.4 Å². The zero-order valence-corrected chi connectivity index (χ0v) is 10.3. The van der Waals surface area contributed by atoms with E-state index >= 15 is 0 Å². The second-order valence-corrected chi connectivity index (χ2v) is 4.99. The minimum Gasteiger partial charge on any atom is -0.393 e. The topological polar surface area (TPSA) is 32.3 Å². The monoisotopic (exact) mass is 213 g/mol. The van der Waals surface area contributed by atoms with Gasteiger partial charge in [-0.3, -0.25) is 0 Å². The van der Waals surface area contributed by atoms with Crippen molar-refractivity contribution in [1.82, 2.24) is 5.32 Å². The summed E-state index contributed by atoms with van der Waals surface area (Å²) in [6.45, 7) is 5.42. The Labute approximate surface area is 94.5 Å². The molecule has 0 saturated heterocycles. The molecule has 0 aromatic heterocycles. The molecule has 1 aliphatic carbocycles. The highest BCUT2D eigenvalue weighted by Crippen LogP contribution is 2.27. The van der Waals surface area contributed by atoms with E-state index in [0.29, 0.717) is 6.04 Å². The van der Waals surface area contributed by atoms with Gasteiger partial charge in [-0.25, -0.2) is 0 Å². The Morgan fingerprint density at radius 3 is 2.60 bits per heavy atom. The molecule has 1 saturated carbocycles. The van der Waals surface area contributed by atoms with Gasteiger partial charge in [-0.2, -0.15) is 0 Å². The van der Waals surface area contributed by atoms with E-state index in [0.717, 1.165) is 31.7 Å². The minimum atomic E-state index is -0.0893. The van der Waals surface area contributed by atoms with Crippen molar-refractivity contribution < 1.29 is 5.11 Å². The normalized spacial score (nSPS) is 21.8. The summed E-state index contributed by atoms with van der Waals surface area (Å²) in [5.41, 5.74) is 0. The zero-order valence-electron chi connectivity index (χ0n) is 10.3. The van der Waals surface area contributed by atoms with E-state index < -0.39 is 0 Å². The molecule has 15 heavy (non-hydrogen) atoms. The number of aliphatic hydroxyl groups is 1. The van der Waals surface area contributed by atoms with Crippen LogP contribution in [0.4, 0.5) is 0 Å². The molecule has 0 aliphatic heterocycles. The third kappa shape index (κ3) is 4.98. The lowest BCUT2D eigenvalue weighted by Gasteiger charge is -2.20. The van der Waals surface area contributed by atoms with Gasteiger partial charge in [0.1, 0.15) is 0 Å². The smallest absolute Gasteiger partial charge is 0.0538 e. The highest BCUT2D eigenvalue weighted by molar-refractivity contribution is 4.77. The lowest BCUT2D eigenvalue weighted by atomic mass is 10.00. The molecule has 0 amide bonds. The van der Waals surface area contributed by atoms with E-state index in [4.69, 9.17) is 0 Å². The number of aliphatic hydroxyl groups excluding tert-OH is 1. The molecular weight excluding hydrogens is 186 g/mol. The van der Waals surface area contributed by atoms with Crippen LogP contribution in [0.15, 0.2) is 0 Å². The fourth-order valence-corrected chi connectivity index (χ4v) is 2.50. The molecule has 0 aromatic rings. The molecule has 0 aromatic carbocycles. The molecule has 0 heterocycles. The van der Waals surface area contributed by atoms with Crippen LogP contribution in [-0.4, -0.2) is 23.8 Å². The standard InChI is InChI=1S/C13H27NO/c1-3-13(15)9-6-10-14-11(2)12-7-4-5-8-12/h11-15H,3-10H2,1-2H3. The number of nitrogens with one attached hydrogen (secondary N) is 1. The summed E-state index contributed by atoms with van der Waals surface area (Å²) in [5.74, 6) is 0.904. The largest absolute Gasteiger partial charge is 0.393 e. The lowest BCUT2D eigenvalue weighted by Crippen LogP contribution is -2.33. The summed E-state index contributed by atoms with van der Waals surface area (Å²) < 4.78 is 0. The van der Waals surface area contributed by atoms with Gasteiger partial charge >= 0.3 is 0 Å². The van der Waals surface area contributed by atoms with Crippen molar-refractivity contribution in [3.8, 4) is 0 Å². The van der Waals surface area contributed by atoms with Crippen LogP contribution in [0.3, 0.4) is 0 Å². The Hall–Kier alpha value is -0.0800. The van der Waals surface area contributed by atoms with Crippen molar-refractivity contribution in [2.75, 3.05) is 6.54 Å². The van der Waals surface area contributed by atoms with Crippen LogP contribution in [-0.2, 0) is 0 Å². The van der Waals surface area contributed by atoms with Crippen LogP contribution >= 0.6 is 0 Å². The maximum absolute atomic E-state index is 9.41. The predicted molar refractivity (Wildman–Crippen MR) is 65.0 cm³/mol. The first-order valence-corrected chi connectivity index (χ1v) is 6.65. The van der Waals surface area contributed by atoms with E-state index in [9.17, 15) is 5.11 Å². The fraction of sp³-hybridized carbons (Fsp3) is 1.00. The van der Waals surface area contributed by atoms with Crippen LogP contribution in [0.2, 0.25) is 0 Å². The Kier molecular flexibility index (Phi) is 6.26. The molecule has 1 aliphatic rings. The molecule has 0 radical (unpaired) electrons. The van der Waals surface area contributed by atoms with Crippen molar-refractivity contribution in [2.45, 2.75) is 70.9 Å². The second kappa shape index (κ2) is 7.24. The van der Waals surface area contributed by atoms with Crippen LogP contribution < -0.4 is 5.32 Å². The van der Waals surface area contributed by atoms with Gasteiger partial charge in [0.25, 0.3) is 0 Å². The Balaban J connectivity index is 1.99. The summed E-state index contributed by atoms with van der Waals surface area (Å²) in [4.78, 5) is 0. The van der Waals surface area contributed by atoms with Gasteiger partial charge in [0, 0.05) is 6.04 Å². The van der Waals surface area contributed by atoms with Crippen molar-refractivity contribution >= 4 is 0 Å². The highest BCUT2D eigenvalue weighted by Gasteiger charge is 2.20. The molecule has 1 rings (SSSR count). The number of rotatable bonds is 7. The van der Waals surface area contributed by atoms with E-state index in [1.165, 1.54) is 25.7 Å². The van der Waals surface area contributed by atoms with Gasteiger partial charge in [0.15, 0.2) is 0 Å². The SMILES string of the molecule is CCC(O)CCCNC(C)C1CCCC1. The van der Waals surface area contributed by atoms with E-state index in [-0.39, 0.29) is 6.10 Å². The maximum Gasteiger partial charge on any atom is 0.0538 e. The molecule has 2 N–H and O–H groups in total. The van der Waals surface area contributed by atoms with Gasteiger partial charge in [0.2, 0.25) is 0 Å². The zero-order chi connectivity index (χ0) is 11.1. The third-order valence-corrected chi connectivity index (χ3v) is 3.76. The summed E-state index contributed by atoms with van der Waals surface area (Å²) in [6.07, 6.45) is 8.51. The second-order valence-electron chi connectivity index (χ2n) is 4.99. The Morgan fingerprint density at radius 1 is 1.33 bits per heavy atom. The van der Waals surface area contributed by atoms with Gasteiger partial charge in [-0.15, -0.1) is 0 Å². The molecule has 2 atom stereocenters. The fourth-order valence-electron chi connectivity index (χ4n) is 2.50. The van der Waals surface area contributed by atoms with E-state index in [1.807, 2.05) is 6.92 Å². The number of hydrogen-bond acceptors (Lipinski definition) is 2. The van der Waals surface area contributed by atoms with Crippen molar-refractivity contribution in [2.24, 2.45) is 5.92 Å². The van der Waals surface area contributed by atoms with Crippen molar-refractivity contribution in [1.29, 1.82) is 0 Å². The molecule has 2 unspecified atom stereocenters. The molecule has 1 fully saturated rings. The summed E-state index contributed by atoms with van der Waals surface area (Å²) in [5, 5.41) is 13.0. The minimum absolute atomic E-state index is 0.0893. The van der Waals surface area contributed by atoms with Crippen LogP contribution in [0, 0.1) is 5.92 Å². The molecule has 90 valence electrons. The molecule has 2 heteroatoms. The van der Waals surface area contributed by atoms with Crippen LogP contribution in [0.5, 0.6) is 0 Å². The summed E-state index contributed by atoms with van der Waals surface area (Å²) >= 11 is 0. The Bertz CT molecular complexity index is 155. The van der Waals surface area contributed by atoms with Crippen LogP contribution in [0.1, 0.15) is 58.8 Å². The van der Waals surface area contributed by atoms with Crippen LogP contribution in [0.25, 0.3) is 0 Å². The quantitative estimate of drug-likeness (QED) is 0.637. The average molecular weight is 213 g/mol. The van der Waals surface area contributed by atoms with Gasteiger partial charge in [-0.1, -0.05) is 19.8 Å². The molecule has 0 spiro atoms. The predicted octanol–water partition coefficient (Wildman–Crippen LogP) is 2.71. The van der Waals surface area contributed by atoms with Crippen molar-refractivity contribution in [3.63, 3.8) is 0 Å². The third-order valence-electron chi connectivity index (χ3n) is 3.76. The maximum atomic E-state index is 9.41. The summed E-state index contributed by atoms with van der Waals surface area (Å²) in [6, 6.07) is 0.672. The summed E-state index contributed by atoms with van der Waals surface area (Å²) in [7, 11) is 0. The van der Waals surface area contributed by atoms with E-state index in [2.05, 4.69) is 12.2 Å². The molecule has 2 nitrogen and oxygen atoms in total. The first-order valence-electron chi connectivity index (χ1n) is 6.65. The lowest BCUT2D eigenvalue weighted by molar-refractivity contribution is 0.156.